The molecule has 1 aliphatic carbocycles. The van der Waals surface area contributed by atoms with Crippen LogP contribution in [0.5, 0.6) is 5.75 Å². The highest BCUT2D eigenvalue weighted by atomic mass is 19.4. The van der Waals surface area contributed by atoms with Crippen molar-refractivity contribution in [2.45, 2.75) is 70.6 Å². The molecule has 162 valence electrons. The van der Waals surface area contributed by atoms with Crippen LogP contribution in [0.1, 0.15) is 80.9 Å². The standard InChI is InChI=1S/C26H31F3O/c1-2-3-4-5-20-8-14-23(15-9-20)24-16-10-21(11-17-24)6-7-22-12-18-25(19-13-22)30-26(27,28)29/h6-7,10-13,16-20,23H,2-5,8-9,14-15H2,1H3. The number of benzene rings is 2. The summed E-state index contributed by atoms with van der Waals surface area (Å²) in [4.78, 5) is 0. The first kappa shape index (κ1) is 22.5. The Morgan fingerprint density at radius 1 is 0.833 bits per heavy atom. The predicted octanol–water partition coefficient (Wildman–Crippen LogP) is 8.61. The van der Waals surface area contributed by atoms with Gasteiger partial charge in [-0.1, -0.05) is 81.2 Å². The number of unbranched alkanes of at least 4 members (excludes halogenated alkanes) is 2. The lowest BCUT2D eigenvalue weighted by Crippen LogP contribution is -2.16. The largest absolute Gasteiger partial charge is 0.573 e. The first-order valence-electron chi connectivity index (χ1n) is 11.1. The Labute approximate surface area is 178 Å². The lowest BCUT2D eigenvalue weighted by atomic mass is 9.77. The molecular formula is C26H31F3O. The van der Waals surface area contributed by atoms with E-state index in [2.05, 4.69) is 35.9 Å². The maximum Gasteiger partial charge on any atom is 0.573 e. The van der Waals surface area contributed by atoms with Crippen molar-refractivity contribution >= 4 is 12.2 Å². The van der Waals surface area contributed by atoms with Gasteiger partial charge in [0.25, 0.3) is 0 Å². The van der Waals surface area contributed by atoms with Gasteiger partial charge in [0.05, 0.1) is 0 Å². The van der Waals surface area contributed by atoms with Gasteiger partial charge in [-0.2, -0.15) is 0 Å². The molecule has 0 aliphatic heterocycles. The minimum atomic E-state index is -4.66. The average Bonchev–Trinajstić information content (AvgIpc) is 2.73. The predicted molar refractivity (Wildman–Crippen MR) is 117 cm³/mol. The van der Waals surface area contributed by atoms with E-state index in [1.54, 1.807) is 12.1 Å². The summed E-state index contributed by atoms with van der Waals surface area (Å²) < 4.78 is 40.6. The second-order valence-electron chi connectivity index (χ2n) is 8.33. The number of halogens is 3. The number of hydrogen-bond donors (Lipinski definition) is 0. The molecule has 0 N–H and O–H groups in total. The summed E-state index contributed by atoms with van der Waals surface area (Å²) in [5.74, 6) is 1.39. The Kier molecular flexibility index (Phi) is 8.01. The quantitative estimate of drug-likeness (QED) is 0.309. The van der Waals surface area contributed by atoms with Crippen LogP contribution in [0, 0.1) is 5.92 Å². The Balaban J connectivity index is 1.50. The molecule has 1 fully saturated rings. The molecule has 2 aromatic carbocycles. The second kappa shape index (κ2) is 10.7. The fourth-order valence-electron chi connectivity index (χ4n) is 4.32. The second-order valence-corrected chi connectivity index (χ2v) is 8.33. The zero-order valence-electron chi connectivity index (χ0n) is 17.6. The van der Waals surface area contributed by atoms with Crippen LogP contribution < -0.4 is 4.74 Å². The summed E-state index contributed by atoms with van der Waals surface area (Å²) in [7, 11) is 0. The molecule has 0 saturated heterocycles. The van der Waals surface area contributed by atoms with Crippen LogP contribution in [0.2, 0.25) is 0 Å². The molecule has 0 radical (unpaired) electrons. The van der Waals surface area contributed by atoms with E-state index in [1.165, 1.54) is 69.1 Å². The number of alkyl halides is 3. The molecular weight excluding hydrogens is 385 g/mol. The van der Waals surface area contributed by atoms with Crippen molar-refractivity contribution in [1.29, 1.82) is 0 Å². The summed E-state index contributed by atoms with van der Waals surface area (Å²) in [5.41, 5.74) is 3.34. The van der Waals surface area contributed by atoms with Crippen molar-refractivity contribution in [2.24, 2.45) is 5.92 Å². The number of rotatable bonds is 8. The molecule has 1 aliphatic rings. The normalized spacial score (nSPS) is 19.9. The Bertz CT molecular complexity index is 783. The van der Waals surface area contributed by atoms with Crippen molar-refractivity contribution in [3.8, 4) is 5.75 Å². The van der Waals surface area contributed by atoms with Gasteiger partial charge in [0, 0.05) is 0 Å². The van der Waals surface area contributed by atoms with Crippen LogP contribution in [0.3, 0.4) is 0 Å². The smallest absolute Gasteiger partial charge is 0.406 e. The minimum Gasteiger partial charge on any atom is -0.406 e. The van der Waals surface area contributed by atoms with Crippen molar-refractivity contribution in [2.75, 3.05) is 0 Å². The van der Waals surface area contributed by atoms with E-state index in [1.807, 2.05) is 12.2 Å². The Morgan fingerprint density at radius 3 is 1.93 bits per heavy atom. The SMILES string of the molecule is CCCCCC1CCC(c2ccc(C=Cc3ccc(OC(F)(F)F)cc3)cc2)CC1. The molecule has 3 rings (SSSR count). The highest BCUT2D eigenvalue weighted by Gasteiger charge is 2.30. The third kappa shape index (κ3) is 7.23. The molecule has 0 aromatic heterocycles. The summed E-state index contributed by atoms with van der Waals surface area (Å²) >= 11 is 0. The van der Waals surface area contributed by atoms with Crippen LogP contribution in [-0.4, -0.2) is 6.36 Å². The third-order valence-electron chi connectivity index (χ3n) is 6.05. The van der Waals surface area contributed by atoms with Gasteiger partial charge >= 0.3 is 6.36 Å². The van der Waals surface area contributed by atoms with Crippen LogP contribution in [-0.2, 0) is 0 Å². The van der Waals surface area contributed by atoms with Crippen molar-refractivity contribution in [3.05, 3.63) is 65.2 Å². The van der Waals surface area contributed by atoms with E-state index in [0.29, 0.717) is 5.92 Å². The summed E-state index contributed by atoms with van der Waals surface area (Å²) in [5, 5.41) is 0. The molecule has 4 heteroatoms. The molecule has 0 spiro atoms. The molecule has 0 unspecified atom stereocenters. The lowest BCUT2D eigenvalue weighted by Gasteiger charge is -2.29. The monoisotopic (exact) mass is 416 g/mol. The first-order valence-corrected chi connectivity index (χ1v) is 11.1. The molecule has 0 atom stereocenters. The van der Waals surface area contributed by atoms with Gasteiger partial charge < -0.3 is 4.74 Å². The Morgan fingerprint density at radius 2 is 1.40 bits per heavy atom. The summed E-state index contributed by atoms with van der Waals surface area (Å²) in [6.07, 6.45) is 9.94. The van der Waals surface area contributed by atoms with Crippen LogP contribution in [0.25, 0.3) is 12.2 Å². The fourth-order valence-corrected chi connectivity index (χ4v) is 4.32. The first-order chi connectivity index (χ1) is 14.4. The van der Waals surface area contributed by atoms with E-state index < -0.39 is 6.36 Å². The molecule has 0 heterocycles. The van der Waals surface area contributed by atoms with Gasteiger partial charge in [-0.15, -0.1) is 13.2 Å². The lowest BCUT2D eigenvalue weighted by molar-refractivity contribution is -0.274. The molecule has 30 heavy (non-hydrogen) atoms. The molecule has 1 saturated carbocycles. The van der Waals surface area contributed by atoms with Gasteiger partial charge in [0.15, 0.2) is 0 Å². The van der Waals surface area contributed by atoms with E-state index in [9.17, 15) is 13.2 Å². The van der Waals surface area contributed by atoms with Crippen molar-refractivity contribution < 1.29 is 17.9 Å². The van der Waals surface area contributed by atoms with Crippen molar-refractivity contribution in [1.82, 2.24) is 0 Å². The third-order valence-corrected chi connectivity index (χ3v) is 6.05. The maximum atomic E-state index is 12.2. The van der Waals surface area contributed by atoms with Gasteiger partial charge in [-0.25, -0.2) is 0 Å². The van der Waals surface area contributed by atoms with Crippen molar-refractivity contribution in [3.63, 3.8) is 0 Å². The minimum absolute atomic E-state index is 0.205. The molecule has 0 amide bonds. The highest BCUT2D eigenvalue weighted by molar-refractivity contribution is 5.69. The van der Waals surface area contributed by atoms with Crippen LogP contribution in [0.15, 0.2) is 48.5 Å². The van der Waals surface area contributed by atoms with E-state index in [-0.39, 0.29) is 5.75 Å². The number of ether oxygens (including phenoxy) is 1. The van der Waals surface area contributed by atoms with Gasteiger partial charge in [-0.3, -0.25) is 0 Å². The number of hydrogen-bond acceptors (Lipinski definition) is 1. The van der Waals surface area contributed by atoms with Gasteiger partial charge in [0.1, 0.15) is 5.75 Å². The summed E-state index contributed by atoms with van der Waals surface area (Å²) in [6, 6.07) is 14.6. The summed E-state index contributed by atoms with van der Waals surface area (Å²) in [6.45, 7) is 2.26. The molecule has 2 aromatic rings. The van der Waals surface area contributed by atoms with E-state index >= 15 is 0 Å². The topological polar surface area (TPSA) is 9.23 Å². The molecule has 1 nitrogen and oxygen atoms in total. The van der Waals surface area contributed by atoms with E-state index in [4.69, 9.17) is 0 Å². The fraction of sp³-hybridized carbons (Fsp3) is 0.462. The zero-order chi connectivity index (χ0) is 21.4. The van der Waals surface area contributed by atoms with Gasteiger partial charge in [0.2, 0.25) is 0 Å². The Hall–Kier alpha value is -2.23. The van der Waals surface area contributed by atoms with Crippen LogP contribution in [0.4, 0.5) is 13.2 Å². The highest BCUT2D eigenvalue weighted by Crippen LogP contribution is 2.37. The molecule has 0 bridgehead atoms. The zero-order valence-corrected chi connectivity index (χ0v) is 17.6. The van der Waals surface area contributed by atoms with E-state index in [0.717, 1.165) is 17.0 Å². The average molecular weight is 417 g/mol. The maximum absolute atomic E-state index is 12.2. The van der Waals surface area contributed by atoms with Gasteiger partial charge in [-0.05, 0) is 66.3 Å². The van der Waals surface area contributed by atoms with Crippen LogP contribution >= 0.6 is 0 Å².